The third-order valence-electron chi connectivity index (χ3n) is 4.75. The fourth-order valence-electron chi connectivity index (χ4n) is 3.23. The fraction of sp³-hybridized carbons (Fsp3) is 0.286. The largest absolute Gasteiger partial charge is 0.497 e. The molecular formula is C21H22N2O5. The summed E-state index contributed by atoms with van der Waals surface area (Å²) in [5, 5.41) is 0. The number of carbonyl (C=O) groups is 3. The molecule has 28 heavy (non-hydrogen) atoms. The highest BCUT2D eigenvalue weighted by Gasteiger charge is 2.43. The summed E-state index contributed by atoms with van der Waals surface area (Å²) >= 11 is 0. The number of rotatable bonds is 6. The smallest absolute Gasteiger partial charge is 0.257 e. The van der Waals surface area contributed by atoms with Gasteiger partial charge in [0.2, 0.25) is 11.8 Å². The average molecular weight is 382 g/mol. The highest BCUT2D eigenvalue weighted by Crippen LogP contribution is 2.28. The molecule has 0 unspecified atom stereocenters. The molecule has 1 saturated heterocycles. The van der Waals surface area contributed by atoms with Gasteiger partial charge in [0.05, 0.1) is 26.3 Å². The van der Waals surface area contributed by atoms with Crippen LogP contribution in [0.25, 0.3) is 0 Å². The van der Waals surface area contributed by atoms with Gasteiger partial charge in [0.25, 0.3) is 5.91 Å². The van der Waals surface area contributed by atoms with Gasteiger partial charge in [-0.05, 0) is 42.0 Å². The van der Waals surface area contributed by atoms with Crippen LogP contribution in [0, 0.1) is 0 Å². The van der Waals surface area contributed by atoms with Gasteiger partial charge in [0, 0.05) is 13.5 Å². The number of hydrogen-bond acceptors (Lipinski definition) is 5. The Bertz CT molecular complexity index is 877. The van der Waals surface area contributed by atoms with Crippen LogP contribution in [-0.4, -0.2) is 42.9 Å². The van der Waals surface area contributed by atoms with Crippen molar-refractivity contribution < 1.29 is 23.9 Å². The molecule has 3 amide bonds. The number of hydrogen-bond donors (Lipinski definition) is 0. The molecule has 0 radical (unpaired) electrons. The molecule has 0 spiro atoms. The normalized spacial score (nSPS) is 16.2. The summed E-state index contributed by atoms with van der Waals surface area (Å²) < 4.78 is 10.2. The standard InChI is InChI=1S/C21H22N2O5/c1-14(24)22(13-15-4-8-17(27-2)9-5-15)19-12-20(25)23(21(19)26)16-6-10-18(28-3)11-7-16/h4-11,19H,12-13H2,1-3H3/t19-/m0/s1. The maximum atomic E-state index is 13.0. The summed E-state index contributed by atoms with van der Waals surface area (Å²) in [5.41, 5.74) is 1.31. The highest BCUT2D eigenvalue weighted by molar-refractivity contribution is 6.23. The molecule has 1 fully saturated rings. The Morgan fingerprint density at radius 1 is 1.00 bits per heavy atom. The first-order valence-electron chi connectivity index (χ1n) is 8.85. The van der Waals surface area contributed by atoms with Gasteiger partial charge in [-0.3, -0.25) is 14.4 Å². The SMILES string of the molecule is COc1ccc(CN(C(C)=O)[C@H]2CC(=O)N(c3ccc(OC)cc3)C2=O)cc1. The number of methoxy groups -OCH3 is 2. The Hall–Kier alpha value is -3.35. The van der Waals surface area contributed by atoms with E-state index in [1.54, 1.807) is 50.6 Å². The summed E-state index contributed by atoms with van der Waals surface area (Å²) in [7, 11) is 3.12. The average Bonchev–Trinajstić information content (AvgIpc) is 3.00. The fourth-order valence-corrected chi connectivity index (χ4v) is 3.23. The van der Waals surface area contributed by atoms with Gasteiger partial charge < -0.3 is 14.4 Å². The van der Waals surface area contributed by atoms with Crippen molar-refractivity contribution in [1.82, 2.24) is 4.90 Å². The minimum atomic E-state index is -0.825. The molecule has 0 aromatic heterocycles. The summed E-state index contributed by atoms with van der Waals surface area (Å²) in [4.78, 5) is 40.3. The molecule has 1 aliphatic heterocycles. The zero-order valence-corrected chi connectivity index (χ0v) is 16.0. The van der Waals surface area contributed by atoms with Crippen molar-refractivity contribution in [3.8, 4) is 11.5 Å². The van der Waals surface area contributed by atoms with Crippen LogP contribution in [0.4, 0.5) is 5.69 Å². The third-order valence-corrected chi connectivity index (χ3v) is 4.75. The van der Waals surface area contributed by atoms with Crippen molar-refractivity contribution in [1.29, 1.82) is 0 Å². The lowest BCUT2D eigenvalue weighted by atomic mass is 10.1. The van der Waals surface area contributed by atoms with Crippen LogP contribution in [0.3, 0.4) is 0 Å². The van der Waals surface area contributed by atoms with Crippen LogP contribution in [0.1, 0.15) is 18.9 Å². The van der Waals surface area contributed by atoms with E-state index in [0.29, 0.717) is 17.2 Å². The number of anilines is 1. The van der Waals surface area contributed by atoms with Gasteiger partial charge in [0.1, 0.15) is 17.5 Å². The van der Waals surface area contributed by atoms with E-state index in [1.807, 2.05) is 12.1 Å². The van der Waals surface area contributed by atoms with Crippen LogP contribution in [0.2, 0.25) is 0 Å². The molecule has 0 bridgehead atoms. The summed E-state index contributed by atoms with van der Waals surface area (Å²) in [5.74, 6) is 0.332. The van der Waals surface area contributed by atoms with Crippen molar-refractivity contribution in [2.75, 3.05) is 19.1 Å². The van der Waals surface area contributed by atoms with Gasteiger partial charge in [-0.25, -0.2) is 4.90 Å². The number of carbonyl (C=O) groups excluding carboxylic acids is 3. The van der Waals surface area contributed by atoms with Crippen LogP contribution in [0.15, 0.2) is 48.5 Å². The van der Waals surface area contributed by atoms with Gasteiger partial charge in [-0.15, -0.1) is 0 Å². The molecule has 7 heteroatoms. The van der Waals surface area contributed by atoms with Crippen molar-refractivity contribution in [3.63, 3.8) is 0 Å². The Kier molecular flexibility index (Phi) is 5.63. The first-order chi connectivity index (χ1) is 13.4. The molecule has 146 valence electrons. The zero-order chi connectivity index (χ0) is 20.3. The number of ether oxygens (including phenoxy) is 2. The maximum absolute atomic E-state index is 13.0. The van der Waals surface area contributed by atoms with Crippen molar-refractivity contribution in [2.24, 2.45) is 0 Å². The number of imide groups is 1. The summed E-state index contributed by atoms with van der Waals surface area (Å²) in [6.07, 6.45) is -0.0411. The second-order valence-corrected chi connectivity index (χ2v) is 6.48. The number of benzene rings is 2. The Morgan fingerprint density at radius 3 is 2.04 bits per heavy atom. The predicted molar refractivity (Wildman–Crippen MR) is 103 cm³/mol. The summed E-state index contributed by atoms with van der Waals surface area (Å²) in [6.45, 7) is 1.64. The second-order valence-electron chi connectivity index (χ2n) is 6.48. The molecule has 0 saturated carbocycles. The van der Waals surface area contributed by atoms with Crippen molar-refractivity contribution in [3.05, 3.63) is 54.1 Å². The van der Waals surface area contributed by atoms with Crippen molar-refractivity contribution in [2.45, 2.75) is 25.9 Å². The van der Waals surface area contributed by atoms with E-state index < -0.39 is 11.9 Å². The van der Waals surface area contributed by atoms with E-state index in [1.165, 1.54) is 11.8 Å². The molecule has 3 rings (SSSR count). The Labute approximate surface area is 163 Å². The van der Waals surface area contributed by atoms with E-state index in [0.717, 1.165) is 10.5 Å². The van der Waals surface area contributed by atoms with Crippen LogP contribution < -0.4 is 14.4 Å². The lowest BCUT2D eigenvalue weighted by Gasteiger charge is -2.26. The molecule has 2 aromatic rings. The topological polar surface area (TPSA) is 76.2 Å². The van der Waals surface area contributed by atoms with Gasteiger partial charge in [0.15, 0.2) is 0 Å². The predicted octanol–water partition coefficient (Wildman–Crippen LogP) is 2.38. The van der Waals surface area contributed by atoms with Crippen molar-refractivity contribution >= 4 is 23.4 Å². The summed E-state index contributed by atoms with van der Waals surface area (Å²) in [6, 6.07) is 13.1. The quantitative estimate of drug-likeness (QED) is 0.717. The lowest BCUT2D eigenvalue weighted by Crippen LogP contribution is -2.44. The lowest BCUT2D eigenvalue weighted by molar-refractivity contribution is -0.137. The van der Waals surface area contributed by atoms with Crippen LogP contribution in [0.5, 0.6) is 11.5 Å². The van der Waals surface area contributed by atoms with E-state index in [4.69, 9.17) is 9.47 Å². The van der Waals surface area contributed by atoms with E-state index in [-0.39, 0.29) is 24.8 Å². The molecule has 0 aliphatic carbocycles. The molecule has 7 nitrogen and oxygen atoms in total. The van der Waals surface area contributed by atoms with E-state index in [9.17, 15) is 14.4 Å². The maximum Gasteiger partial charge on any atom is 0.257 e. The van der Waals surface area contributed by atoms with E-state index >= 15 is 0 Å². The second kappa shape index (κ2) is 8.12. The van der Waals surface area contributed by atoms with E-state index in [2.05, 4.69) is 0 Å². The highest BCUT2D eigenvalue weighted by atomic mass is 16.5. The number of nitrogens with zero attached hydrogens (tertiary/aromatic N) is 2. The zero-order valence-electron chi connectivity index (χ0n) is 16.0. The number of amides is 3. The molecular weight excluding hydrogens is 360 g/mol. The molecule has 1 atom stereocenters. The minimum absolute atomic E-state index is 0.0411. The Balaban J connectivity index is 1.82. The first kappa shape index (κ1) is 19.4. The molecule has 0 N–H and O–H groups in total. The molecule has 1 heterocycles. The molecule has 2 aromatic carbocycles. The van der Waals surface area contributed by atoms with Gasteiger partial charge in [-0.1, -0.05) is 12.1 Å². The van der Waals surface area contributed by atoms with Crippen LogP contribution >= 0.6 is 0 Å². The minimum Gasteiger partial charge on any atom is -0.497 e. The van der Waals surface area contributed by atoms with Gasteiger partial charge >= 0.3 is 0 Å². The third kappa shape index (κ3) is 3.83. The molecule has 1 aliphatic rings. The van der Waals surface area contributed by atoms with Crippen LogP contribution in [-0.2, 0) is 20.9 Å². The first-order valence-corrected chi connectivity index (χ1v) is 8.85. The monoisotopic (exact) mass is 382 g/mol. The van der Waals surface area contributed by atoms with Gasteiger partial charge in [-0.2, -0.15) is 0 Å². The Morgan fingerprint density at radius 2 is 1.54 bits per heavy atom.